The second-order valence-corrected chi connectivity index (χ2v) is 8.76. The Kier molecular flexibility index (Phi) is 6.80. The molecule has 1 atom stereocenters. The van der Waals surface area contributed by atoms with Crippen LogP contribution in [0.5, 0.6) is 5.75 Å². The average Bonchev–Trinajstić information content (AvgIpc) is 3.22. The summed E-state index contributed by atoms with van der Waals surface area (Å²) in [5.41, 5.74) is -1.05. The predicted octanol–water partition coefficient (Wildman–Crippen LogP) is 3.82. The van der Waals surface area contributed by atoms with Crippen LogP contribution in [0.2, 0.25) is 4.34 Å². The number of halogens is 3. The van der Waals surface area contributed by atoms with Gasteiger partial charge in [-0.1, -0.05) is 23.7 Å². The van der Waals surface area contributed by atoms with Gasteiger partial charge in [-0.15, -0.1) is 11.3 Å². The molecule has 0 aliphatic carbocycles. The van der Waals surface area contributed by atoms with Crippen molar-refractivity contribution >= 4 is 40.8 Å². The van der Waals surface area contributed by atoms with Crippen LogP contribution in [0, 0.1) is 0 Å². The molecule has 1 aliphatic rings. The number of carbonyl (C=O) groups is 3. The number of nitrogens with one attached hydrogen (secondary N) is 1. The molecule has 31 heavy (non-hydrogen) atoms. The largest absolute Gasteiger partial charge is 0.435 e. The standard InChI is InChI=1S/C20H20ClF2N3O4S/c1-3-25(10-14-8-9-15(21)31-14)16(27)11-26-17(28)20(2,24-19(26)29)12-4-6-13(7-5-12)30-18(22)23/h4-9,18H,3,10-11H2,1-2H3,(H,24,29)/t20-/m1/s1. The van der Waals surface area contributed by atoms with Crippen LogP contribution in [0.1, 0.15) is 24.3 Å². The number of likely N-dealkylation sites (N-methyl/N-ethyl adjacent to an activating group) is 1. The van der Waals surface area contributed by atoms with E-state index in [1.807, 2.05) is 6.07 Å². The van der Waals surface area contributed by atoms with Crippen LogP contribution in [0.4, 0.5) is 13.6 Å². The summed E-state index contributed by atoms with van der Waals surface area (Å²) >= 11 is 7.28. The van der Waals surface area contributed by atoms with Gasteiger partial charge in [0.25, 0.3) is 5.91 Å². The minimum Gasteiger partial charge on any atom is -0.435 e. The zero-order chi connectivity index (χ0) is 22.8. The Morgan fingerprint density at radius 2 is 1.94 bits per heavy atom. The Morgan fingerprint density at radius 1 is 1.26 bits per heavy atom. The van der Waals surface area contributed by atoms with Crippen molar-refractivity contribution in [2.75, 3.05) is 13.1 Å². The highest BCUT2D eigenvalue weighted by molar-refractivity contribution is 7.16. The van der Waals surface area contributed by atoms with Crippen LogP contribution < -0.4 is 10.1 Å². The molecule has 11 heteroatoms. The highest BCUT2D eigenvalue weighted by Gasteiger charge is 2.49. The first-order chi connectivity index (χ1) is 14.6. The lowest BCUT2D eigenvalue weighted by Gasteiger charge is -2.24. The fourth-order valence-electron chi connectivity index (χ4n) is 3.24. The molecule has 0 bridgehead atoms. The molecule has 1 saturated heterocycles. The third-order valence-electron chi connectivity index (χ3n) is 4.94. The van der Waals surface area contributed by atoms with E-state index in [4.69, 9.17) is 11.6 Å². The maximum Gasteiger partial charge on any atom is 0.387 e. The van der Waals surface area contributed by atoms with Gasteiger partial charge in [0, 0.05) is 11.4 Å². The first kappa shape index (κ1) is 23.0. The average molecular weight is 472 g/mol. The molecule has 2 heterocycles. The van der Waals surface area contributed by atoms with Crippen LogP contribution in [0.3, 0.4) is 0 Å². The number of imide groups is 1. The van der Waals surface area contributed by atoms with Crippen molar-refractivity contribution in [3.63, 3.8) is 0 Å². The highest BCUT2D eigenvalue weighted by atomic mass is 35.5. The molecule has 0 saturated carbocycles. The van der Waals surface area contributed by atoms with Gasteiger partial charge in [0.05, 0.1) is 10.9 Å². The summed E-state index contributed by atoms with van der Waals surface area (Å²) in [5, 5.41) is 2.58. The van der Waals surface area contributed by atoms with Gasteiger partial charge in [0.15, 0.2) is 0 Å². The van der Waals surface area contributed by atoms with E-state index >= 15 is 0 Å². The molecule has 1 fully saturated rings. The van der Waals surface area contributed by atoms with Crippen LogP contribution in [0.15, 0.2) is 36.4 Å². The van der Waals surface area contributed by atoms with Gasteiger partial charge in [-0.3, -0.25) is 14.5 Å². The summed E-state index contributed by atoms with van der Waals surface area (Å²) in [5.74, 6) is -1.07. The van der Waals surface area contributed by atoms with E-state index in [1.54, 1.807) is 13.0 Å². The Bertz CT molecular complexity index is 985. The first-order valence-corrected chi connectivity index (χ1v) is 10.5. The van der Waals surface area contributed by atoms with E-state index in [9.17, 15) is 23.2 Å². The Morgan fingerprint density at radius 3 is 2.48 bits per heavy atom. The maximum absolute atomic E-state index is 13.0. The number of hydrogen-bond donors (Lipinski definition) is 1. The fourth-order valence-corrected chi connectivity index (χ4v) is 4.35. The Balaban J connectivity index is 1.72. The minimum absolute atomic E-state index is 0.0709. The number of rotatable bonds is 8. The van der Waals surface area contributed by atoms with Gasteiger partial charge in [0.1, 0.15) is 17.8 Å². The molecular formula is C20H20ClF2N3O4S. The molecule has 0 radical (unpaired) electrons. The SMILES string of the molecule is CCN(Cc1ccc(Cl)s1)C(=O)CN1C(=O)N[C@](C)(c2ccc(OC(F)F)cc2)C1=O. The summed E-state index contributed by atoms with van der Waals surface area (Å²) in [4.78, 5) is 41.5. The number of amides is 4. The van der Waals surface area contributed by atoms with Crippen molar-refractivity contribution in [3.8, 4) is 5.75 Å². The van der Waals surface area contributed by atoms with Crippen molar-refractivity contribution in [1.82, 2.24) is 15.1 Å². The lowest BCUT2D eigenvalue weighted by atomic mass is 9.92. The van der Waals surface area contributed by atoms with E-state index in [2.05, 4.69) is 10.1 Å². The topological polar surface area (TPSA) is 79.0 Å². The fraction of sp³-hybridized carbons (Fsp3) is 0.350. The zero-order valence-corrected chi connectivity index (χ0v) is 18.3. The smallest absolute Gasteiger partial charge is 0.387 e. The van der Waals surface area contributed by atoms with E-state index in [0.29, 0.717) is 23.0 Å². The normalized spacial score (nSPS) is 18.5. The first-order valence-electron chi connectivity index (χ1n) is 9.35. The third kappa shape index (κ3) is 4.96. The molecule has 7 nitrogen and oxygen atoms in total. The van der Waals surface area contributed by atoms with E-state index in [-0.39, 0.29) is 11.7 Å². The van der Waals surface area contributed by atoms with E-state index in [0.717, 1.165) is 9.78 Å². The summed E-state index contributed by atoms with van der Waals surface area (Å²) in [7, 11) is 0. The molecule has 4 amide bonds. The molecule has 3 rings (SSSR count). The van der Waals surface area contributed by atoms with Crippen LogP contribution >= 0.6 is 22.9 Å². The van der Waals surface area contributed by atoms with E-state index < -0.39 is 30.6 Å². The molecule has 1 aromatic heterocycles. The lowest BCUT2D eigenvalue weighted by Crippen LogP contribution is -2.44. The second kappa shape index (κ2) is 9.19. The van der Waals surface area contributed by atoms with Gasteiger partial charge >= 0.3 is 12.6 Å². The Hall–Kier alpha value is -2.72. The molecule has 1 aliphatic heterocycles. The number of alkyl halides is 2. The van der Waals surface area contributed by atoms with Crippen LogP contribution in [0.25, 0.3) is 0 Å². The van der Waals surface area contributed by atoms with Crippen LogP contribution in [-0.2, 0) is 21.7 Å². The number of nitrogens with zero attached hydrogens (tertiary/aromatic N) is 2. The van der Waals surface area contributed by atoms with Crippen molar-refractivity contribution in [1.29, 1.82) is 0 Å². The summed E-state index contributed by atoms with van der Waals surface area (Å²) in [6.07, 6.45) is 0. The number of urea groups is 1. The maximum atomic E-state index is 13.0. The number of ether oxygens (including phenoxy) is 1. The quantitative estimate of drug-likeness (QED) is 0.594. The molecular weight excluding hydrogens is 452 g/mol. The van der Waals surface area contributed by atoms with Crippen LogP contribution in [-0.4, -0.2) is 47.3 Å². The molecule has 1 N–H and O–H groups in total. The molecule has 166 valence electrons. The van der Waals surface area contributed by atoms with Gasteiger partial charge in [0.2, 0.25) is 5.91 Å². The van der Waals surface area contributed by atoms with Crippen molar-refractivity contribution in [2.24, 2.45) is 0 Å². The monoisotopic (exact) mass is 471 g/mol. The molecule has 0 spiro atoms. The summed E-state index contributed by atoms with van der Waals surface area (Å²) < 4.78 is 29.6. The van der Waals surface area contributed by atoms with Gasteiger partial charge in [-0.2, -0.15) is 8.78 Å². The lowest BCUT2D eigenvalue weighted by molar-refractivity contribution is -0.139. The molecule has 2 aromatic rings. The minimum atomic E-state index is -2.97. The molecule has 0 unspecified atom stereocenters. The zero-order valence-electron chi connectivity index (χ0n) is 16.7. The summed E-state index contributed by atoms with van der Waals surface area (Å²) in [6, 6.07) is 8.25. The van der Waals surface area contributed by atoms with Crippen molar-refractivity contribution in [3.05, 3.63) is 51.2 Å². The van der Waals surface area contributed by atoms with Gasteiger partial charge < -0.3 is 15.0 Å². The highest BCUT2D eigenvalue weighted by Crippen LogP contribution is 2.30. The van der Waals surface area contributed by atoms with Crippen molar-refractivity contribution < 1.29 is 27.9 Å². The number of benzene rings is 1. The summed E-state index contributed by atoms with van der Waals surface area (Å²) in [6.45, 7) is 0.611. The van der Waals surface area contributed by atoms with Crippen molar-refractivity contribution in [2.45, 2.75) is 32.5 Å². The predicted molar refractivity (Wildman–Crippen MR) is 111 cm³/mol. The van der Waals surface area contributed by atoms with Gasteiger partial charge in [-0.25, -0.2) is 4.79 Å². The third-order valence-corrected chi connectivity index (χ3v) is 6.15. The number of hydrogen-bond acceptors (Lipinski definition) is 5. The van der Waals surface area contributed by atoms with E-state index in [1.165, 1.54) is 47.4 Å². The van der Waals surface area contributed by atoms with Gasteiger partial charge in [-0.05, 0) is 43.7 Å². The Labute approximate surface area is 186 Å². The number of thiophene rings is 1. The number of carbonyl (C=O) groups excluding carboxylic acids is 3. The molecule has 1 aromatic carbocycles. The second-order valence-electron chi connectivity index (χ2n) is 6.96.